The van der Waals surface area contributed by atoms with Gasteiger partial charge in [0.05, 0.1) is 0 Å². The summed E-state index contributed by atoms with van der Waals surface area (Å²) in [5, 5.41) is 0. The highest BCUT2D eigenvalue weighted by atomic mass is 16.5. The molecule has 0 aliphatic heterocycles. The molecule has 0 fully saturated rings. The van der Waals surface area contributed by atoms with Crippen LogP contribution in [0.25, 0.3) is 0 Å². The Kier molecular flexibility index (Phi) is 6.33. The topological polar surface area (TPSA) is 61.3 Å². The van der Waals surface area contributed by atoms with Gasteiger partial charge >= 0.3 is 0 Å². The SMILES string of the molecule is CCCCc1cc(Oc2ccc(N)c(CCCC)c2)ccc1N. The number of aryl methyl sites for hydroxylation is 2. The molecule has 0 aliphatic carbocycles. The second kappa shape index (κ2) is 8.47. The Balaban J connectivity index is 2.15. The molecule has 0 amide bonds. The molecule has 0 heterocycles. The van der Waals surface area contributed by atoms with Gasteiger partial charge in [0.2, 0.25) is 0 Å². The summed E-state index contributed by atoms with van der Waals surface area (Å²) in [6.07, 6.45) is 6.56. The van der Waals surface area contributed by atoms with Gasteiger partial charge in [-0.2, -0.15) is 0 Å². The molecule has 2 aromatic rings. The third-order valence-electron chi connectivity index (χ3n) is 4.06. The summed E-state index contributed by atoms with van der Waals surface area (Å²) >= 11 is 0. The van der Waals surface area contributed by atoms with Gasteiger partial charge in [-0.3, -0.25) is 0 Å². The van der Waals surface area contributed by atoms with E-state index in [2.05, 4.69) is 13.8 Å². The first kappa shape index (κ1) is 17.2. The maximum absolute atomic E-state index is 6.05. The molecule has 0 bridgehead atoms. The lowest BCUT2D eigenvalue weighted by Crippen LogP contribution is -1.97. The van der Waals surface area contributed by atoms with Gasteiger partial charge in [0, 0.05) is 11.4 Å². The van der Waals surface area contributed by atoms with Gasteiger partial charge in [-0.25, -0.2) is 0 Å². The summed E-state index contributed by atoms with van der Waals surface area (Å²) in [4.78, 5) is 0. The first-order valence-corrected chi connectivity index (χ1v) is 8.58. The van der Waals surface area contributed by atoms with Crippen LogP contribution in [0.2, 0.25) is 0 Å². The largest absolute Gasteiger partial charge is 0.457 e. The van der Waals surface area contributed by atoms with Crippen LogP contribution in [-0.2, 0) is 12.8 Å². The van der Waals surface area contributed by atoms with Crippen LogP contribution in [0.15, 0.2) is 36.4 Å². The number of hydrogen-bond acceptors (Lipinski definition) is 3. The number of ether oxygens (including phenoxy) is 1. The van der Waals surface area contributed by atoms with Crippen molar-refractivity contribution in [3.05, 3.63) is 47.5 Å². The van der Waals surface area contributed by atoms with Crippen molar-refractivity contribution in [3.8, 4) is 11.5 Å². The zero-order valence-corrected chi connectivity index (χ0v) is 14.3. The molecule has 23 heavy (non-hydrogen) atoms. The predicted molar refractivity (Wildman–Crippen MR) is 99.0 cm³/mol. The van der Waals surface area contributed by atoms with Crippen LogP contribution in [0.4, 0.5) is 11.4 Å². The molecule has 0 radical (unpaired) electrons. The molecule has 124 valence electrons. The molecular weight excluding hydrogens is 284 g/mol. The molecule has 0 aromatic heterocycles. The first-order chi connectivity index (χ1) is 11.1. The number of unbranched alkanes of at least 4 members (excludes halogenated alkanes) is 2. The molecule has 2 rings (SSSR count). The van der Waals surface area contributed by atoms with E-state index in [1.54, 1.807) is 0 Å². The highest BCUT2D eigenvalue weighted by molar-refractivity contribution is 5.53. The van der Waals surface area contributed by atoms with E-state index >= 15 is 0 Å². The molecule has 0 aliphatic rings. The second-order valence-corrected chi connectivity index (χ2v) is 6.03. The Bertz CT molecular complexity index is 582. The Labute approximate surface area is 139 Å². The quantitative estimate of drug-likeness (QED) is 0.648. The Hall–Kier alpha value is -2.16. The zero-order valence-electron chi connectivity index (χ0n) is 14.3. The van der Waals surface area contributed by atoms with Gasteiger partial charge in [0.25, 0.3) is 0 Å². The fourth-order valence-corrected chi connectivity index (χ4v) is 2.59. The maximum atomic E-state index is 6.05. The van der Waals surface area contributed by atoms with Crippen molar-refractivity contribution in [2.24, 2.45) is 0 Å². The summed E-state index contributed by atoms with van der Waals surface area (Å²) in [6.45, 7) is 4.37. The number of rotatable bonds is 8. The molecule has 3 heteroatoms. The minimum absolute atomic E-state index is 0.830. The van der Waals surface area contributed by atoms with Crippen molar-refractivity contribution in [3.63, 3.8) is 0 Å². The highest BCUT2D eigenvalue weighted by Gasteiger charge is 2.06. The Morgan fingerprint density at radius 1 is 0.739 bits per heavy atom. The van der Waals surface area contributed by atoms with Crippen LogP contribution in [0.5, 0.6) is 11.5 Å². The number of hydrogen-bond donors (Lipinski definition) is 2. The lowest BCUT2D eigenvalue weighted by atomic mass is 10.1. The van der Waals surface area contributed by atoms with E-state index in [4.69, 9.17) is 16.2 Å². The van der Waals surface area contributed by atoms with E-state index < -0.39 is 0 Å². The Morgan fingerprint density at radius 3 is 1.57 bits per heavy atom. The second-order valence-electron chi connectivity index (χ2n) is 6.03. The number of benzene rings is 2. The predicted octanol–water partition coefficient (Wildman–Crippen LogP) is 5.33. The molecular formula is C20H28N2O. The van der Waals surface area contributed by atoms with E-state index in [-0.39, 0.29) is 0 Å². The van der Waals surface area contributed by atoms with Gasteiger partial charge in [0.15, 0.2) is 0 Å². The van der Waals surface area contributed by atoms with Crippen molar-refractivity contribution >= 4 is 11.4 Å². The fraction of sp³-hybridized carbons (Fsp3) is 0.400. The standard InChI is InChI=1S/C20H28N2O/c1-3-5-7-15-13-17(9-11-19(15)21)23-18-10-12-20(22)16(14-18)8-6-4-2/h9-14H,3-8,21-22H2,1-2H3. The number of nitrogen functional groups attached to an aromatic ring is 2. The maximum Gasteiger partial charge on any atom is 0.127 e. The van der Waals surface area contributed by atoms with Gasteiger partial charge in [0.1, 0.15) is 11.5 Å². The van der Waals surface area contributed by atoms with Crippen molar-refractivity contribution in [2.75, 3.05) is 11.5 Å². The van der Waals surface area contributed by atoms with Crippen LogP contribution in [0.1, 0.15) is 50.7 Å². The molecule has 0 atom stereocenters. The van der Waals surface area contributed by atoms with E-state index in [1.807, 2.05) is 36.4 Å². The minimum atomic E-state index is 0.830. The molecule has 2 aromatic carbocycles. The smallest absolute Gasteiger partial charge is 0.127 e. The molecule has 0 saturated heterocycles. The van der Waals surface area contributed by atoms with Crippen molar-refractivity contribution in [2.45, 2.75) is 52.4 Å². The van der Waals surface area contributed by atoms with Crippen LogP contribution < -0.4 is 16.2 Å². The van der Waals surface area contributed by atoms with E-state index in [9.17, 15) is 0 Å². The van der Waals surface area contributed by atoms with Gasteiger partial charge < -0.3 is 16.2 Å². The Morgan fingerprint density at radius 2 is 1.17 bits per heavy atom. The van der Waals surface area contributed by atoms with Crippen LogP contribution >= 0.6 is 0 Å². The zero-order chi connectivity index (χ0) is 16.7. The van der Waals surface area contributed by atoms with Crippen LogP contribution in [-0.4, -0.2) is 0 Å². The van der Waals surface area contributed by atoms with E-state index in [0.717, 1.165) is 72.5 Å². The normalized spacial score (nSPS) is 10.7. The average Bonchev–Trinajstić information content (AvgIpc) is 2.55. The van der Waals surface area contributed by atoms with E-state index in [0.29, 0.717) is 0 Å². The number of anilines is 2. The van der Waals surface area contributed by atoms with Gasteiger partial charge in [-0.15, -0.1) is 0 Å². The molecule has 4 N–H and O–H groups in total. The minimum Gasteiger partial charge on any atom is -0.457 e. The monoisotopic (exact) mass is 312 g/mol. The average molecular weight is 312 g/mol. The van der Waals surface area contributed by atoms with Crippen LogP contribution in [0, 0.1) is 0 Å². The first-order valence-electron chi connectivity index (χ1n) is 8.58. The third-order valence-corrected chi connectivity index (χ3v) is 4.06. The van der Waals surface area contributed by atoms with E-state index in [1.165, 1.54) is 0 Å². The summed E-state index contributed by atoms with van der Waals surface area (Å²) < 4.78 is 6.02. The van der Waals surface area contributed by atoms with Crippen molar-refractivity contribution in [1.82, 2.24) is 0 Å². The van der Waals surface area contributed by atoms with Gasteiger partial charge in [-0.05, 0) is 73.2 Å². The summed E-state index contributed by atoms with van der Waals surface area (Å²) in [7, 11) is 0. The lowest BCUT2D eigenvalue weighted by Gasteiger charge is -2.12. The van der Waals surface area contributed by atoms with Gasteiger partial charge in [-0.1, -0.05) is 26.7 Å². The van der Waals surface area contributed by atoms with Crippen molar-refractivity contribution < 1.29 is 4.74 Å². The summed E-state index contributed by atoms with van der Waals surface area (Å²) in [6, 6.07) is 11.8. The third kappa shape index (κ3) is 4.92. The molecule has 3 nitrogen and oxygen atoms in total. The lowest BCUT2D eigenvalue weighted by molar-refractivity contribution is 0.481. The molecule has 0 spiro atoms. The molecule has 0 unspecified atom stereocenters. The summed E-state index contributed by atoms with van der Waals surface area (Å²) in [5.74, 6) is 1.66. The van der Waals surface area contributed by atoms with Crippen LogP contribution in [0.3, 0.4) is 0 Å². The highest BCUT2D eigenvalue weighted by Crippen LogP contribution is 2.28. The summed E-state index contributed by atoms with van der Waals surface area (Å²) in [5.41, 5.74) is 16.1. The molecule has 0 saturated carbocycles. The fourth-order valence-electron chi connectivity index (χ4n) is 2.59. The van der Waals surface area contributed by atoms with Crippen molar-refractivity contribution in [1.29, 1.82) is 0 Å². The number of nitrogens with two attached hydrogens (primary N) is 2.